The van der Waals surface area contributed by atoms with Gasteiger partial charge >= 0.3 is 0 Å². The van der Waals surface area contributed by atoms with E-state index in [2.05, 4.69) is 16.9 Å². The molecule has 1 fully saturated rings. The van der Waals surface area contributed by atoms with Crippen LogP contribution in [0.3, 0.4) is 0 Å². The van der Waals surface area contributed by atoms with Crippen LogP contribution in [0.15, 0.2) is 6.20 Å². The summed E-state index contributed by atoms with van der Waals surface area (Å²) < 4.78 is 0. The summed E-state index contributed by atoms with van der Waals surface area (Å²) in [6.45, 7) is 1.97. The zero-order valence-corrected chi connectivity index (χ0v) is 10.8. The highest BCUT2D eigenvalue weighted by molar-refractivity contribution is 7.11. The lowest BCUT2D eigenvalue weighted by Crippen LogP contribution is -2.37. The molecule has 1 aliphatic heterocycles. The number of hydrogen-bond acceptors (Lipinski definition) is 4. The number of rotatable bonds is 4. The molecule has 0 spiro atoms. The summed E-state index contributed by atoms with van der Waals surface area (Å²) in [6, 6.07) is 0.700. The highest BCUT2D eigenvalue weighted by Gasteiger charge is 2.20. The molecule has 3 nitrogen and oxygen atoms in total. The van der Waals surface area contributed by atoms with Crippen molar-refractivity contribution in [3.8, 4) is 0 Å². The highest BCUT2D eigenvalue weighted by atomic mass is 32.1. The molecule has 0 aromatic carbocycles. The van der Waals surface area contributed by atoms with Gasteiger partial charge in [-0.15, -0.1) is 11.3 Å². The molecular formula is C12H21N3S. The van der Waals surface area contributed by atoms with Gasteiger partial charge in [0.05, 0.1) is 5.01 Å². The first-order valence-electron chi connectivity index (χ1n) is 6.13. The molecule has 0 amide bonds. The van der Waals surface area contributed by atoms with E-state index in [1.165, 1.54) is 35.7 Å². The molecule has 1 aromatic heterocycles. The van der Waals surface area contributed by atoms with E-state index in [9.17, 15) is 0 Å². The van der Waals surface area contributed by atoms with Crippen molar-refractivity contribution in [2.75, 3.05) is 20.1 Å². The van der Waals surface area contributed by atoms with E-state index in [-0.39, 0.29) is 0 Å². The van der Waals surface area contributed by atoms with Crippen LogP contribution in [0, 0.1) is 0 Å². The Labute approximate surface area is 102 Å². The number of nitrogens with zero attached hydrogens (tertiary/aromatic N) is 2. The van der Waals surface area contributed by atoms with E-state index >= 15 is 0 Å². The van der Waals surface area contributed by atoms with Crippen LogP contribution in [-0.2, 0) is 12.8 Å². The fourth-order valence-electron chi connectivity index (χ4n) is 2.30. The molecule has 0 aliphatic carbocycles. The summed E-state index contributed by atoms with van der Waals surface area (Å²) in [5.41, 5.74) is 5.55. The minimum absolute atomic E-state index is 0.700. The largest absolute Gasteiger partial charge is 0.330 e. The molecule has 0 saturated carbocycles. The third-order valence-electron chi connectivity index (χ3n) is 3.32. The zero-order valence-electron chi connectivity index (χ0n) is 9.98. The van der Waals surface area contributed by atoms with Crippen LogP contribution >= 0.6 is 11.3 Å². The Hall–Kier alpha value is -0.450. The molecule has 0 radical (unpaired) electrons. The second-order valence-electron chi connectivity index (χ2n) is 4.59. The van der Waals surface area contributed by atoms with E-state index in [4.69, 9.17) is 5.73 Å². The second-order valence-corrected chi connectivity index (χ2v) is 5.79. The molecule has 1 atom stereocenters. The molecule has 1 aromatic rings. The van der Waals surface area contributed by atoms with Gasteiger partial charge in [-0.3, -0.25) is 0 Å². The third kappa shape index (κ3) is 3.03. The molecule has 16 heavy (non-hydrogen) atoms. The van der Waals surface area contributed by atoms with Crippen molar-refractivity contribution < 1.29 is 0 Å². The minimum atomic E-state index is 0.700. The molecular weight excluding hydrogens is 218 g/mol. The van der Waals surface area contributed by atoms with Crippen molar-refractivity contribution >= 4 is 11.3 Å². The molecule has 90 valence electrons. The Bertz CT molecular complexity index is 324. The Balaban J connectivity index is 1.91. The van der Waals surface area contributed by atoms with Gasteiger partial charge in [0.15, 0.2) is 0 Å². The first-order valence-corrected chi connectivity index (χ1v) is 6.95. The predicted octanol–water partition coefficient (Wildman–Crippen LogP) is 1.67. The fraction of sp³-hybridized carbons (Fsp3) is 0.750. The summed E-state index contributed by atoms with van der Waals surface area (Å²) in [5.74, 6) is 0. The van der Waals surface area contributed by atoms with Gasteiger partial charge in [0.1, 0.15) is 0 Å². The third-order valence-corrected chi connectivity index (χ3v) is 4.40. The van der Waals surface area contributed by atoms with Crippen molar-refractivity contribution in [2.24, 2.45) is 5.73 Å². The van der Waals surface area contributed by atoms with E-state index in [0.717, 1.165) is 19.4 Å². The number of piperidine rings is 1. The monoisotopic (exact) mass is 239 g/mol. The maximum absolute atomic E-state index is 5.55. The molecule has 1 aliphatic rings. The summed E-state index contributed by atoms with van der Waals surface area (Å²) >= 11 is 1.84. The normalized spacial score (nSPS) is 22.5. The average molecular weight is 239 g/mol. The predicted molar refractivity (Wildman–Crippen MR) is 68.8 cm³/mol. The lowest BCUT2D eigenvalue weighted by Gasteiger charge is -2.31. The number of likely N-dealkylation sites (tertiary alicyclic amines) is 1. The SMILES string of the molecule is CN1CCCCC1Cc1ncc(CCN)s1. The maximum atomic E-state index is 5.55. The van der Waals surface area contributed by atoms with Crippen LogP contribution in [0.2, 0.25) is 0 Å². The van der Waals surface area contributed by atoms with Gasteiger partial charge in [0.2, 0.25) is 0 Å². The minimum Gasteiger partial charge on any atom is -0.330 e. The van der Waals surface area contributed by atoms with Gasteiger partial charge in [0.25, 0.3) is 0 Å². The Kier molecular flexibility index (Phi) is 4.32. The first-order chi connectivity index (χ1) is 7.79. The summed E-state index contributed by atoms with van der Waals surface area (Å²) in [4.78, 5) is 8.31. The van der Waals surface area contributed by atoms with Gasteiger partial charge in [-0.05, 0) is 39.4 Å². The number of hydrogen-bond donors (Lipinski definition) is 1. The van der Waals surface area contributed by atoms with Crippen LogP contribution < -0.4 is 5.73 Å². The fourth-order valence-corrected chi connectivity index (χ4v) is 3.31. The average Bonchev–Trinajstić information content (AvgIpc) is 2.70. The van der Waals surface area contributed by atoms with Crippen LogP contribution in [0.5, 0.6) is 0 Å². The van der Waals surface area contributed by atoms with E-state index < -0.39 is 0 Å². The van der Waals surface area contributed by atoms with Crippen molar-refractivity contribution in [1.29, 1.82) is 0 Å². The standard InChI is InChI=1S/C12H21N3S/c1-15-7-3-2-4-10(15)8-12-14-9-11(16-12)5-6-13/h9-10H,2-8,13H2,1H3. The molecule has 1 saturated heterocycles. The van der Waals surface area contributed by atoms with Gasteiger partial charge < -0.3 is 10.6 Å². The lowest BCUT2D eigenvalue weighted by molar-refractivity contribution is 0.184. The summed E-state index contributed by atoms with van der Waals surface area (Å²) in [6.07, 6.45) is 8.13. The second kappa shape index (κ2) is 5.75. The van der Waals surface area contributed by atoms with E-state index in [1.54, 1.807) is 0 Å². The van der Waals surface area contributed by atoms with Crippen molar-refractivity contribution in [1.82, 2.24) is 9.88 Å². The summed E-state index contributed by atoms with van der Waals surface area (Å²) in [7, 11) is 2.23. The van der Waals surface area contributed by atoms with Gasteiger partial charge in [-0.2, -0.15) is 0 Å². The van der Waals surface area contributed by atoms with Crippen LogP contribution in [0.25, 0.3) is 0 Å². The lowest BCUT2D eigenvalue weighted by atomic mass is 10.0. The topological polar surface area (TPSA) is 42.2 Å². The van der Waals surface area contributed by atoms with Crippen molar-refractivity contribution in [2.45, 2.75) is 38.1 Å². The Morgan fingerprint density at radius 3 is 3.19 bits per heavy atom. The Morgan fingerprint density at radius 1 is 1.56 bits per heavy atom. The molecule has 0 bridgehead atoms. The number of likely N-dealkylation sites (N-methyl/N-ethyl adjacent to an activating group) is 1. The van der Waals surface area contributed by atoms with E-state index in [1.807, 2.05) is 17.5 Å². The van der Waals surface area contributed by atoms with Gasteiger partial charge in [-0.25, -0.2) is 4.98 Å². The molecule has 4 heteroatoms. The quantitative estimate of drug-likeness (QED) is 0.869. The zero-order chi connectivity index (χ0) is 11.4. The Morgan fingerprint density at radius 2 is 2.44 bits per heavy atom. The number of thiazole rings is 1. The smallest absolute Gasteiger partial charge is 0.0943 e. The number of nitrogens with two attached hydrogens (primary N) is 1. The molecule has 1 unspecified atom stereocenters. The summed E-state index contributed by atoms with van der Waals surface area (Å²) in [5, 5.41) is 1.28. The first kappa shape index (κ1) is 12.0. The molecule has 2 N–H and O–H groups in total. The van der Waals surface area contributed by atoms with Crippen LogP contribution in [0.1, 0.15) is 29.1 Å². The number of aromatic nitrogens is 1. The van der Waals surface area contributed by atoms with Gasteiger partial charge in [-0.1, -0.05) is 6.42 Å². The van der Waals surface area contributed by atoms with Crippen molar-refractivity contribution in [3.63, 3.8) is 0 Å². The van der Waals surface area contributed by atoms with Crippen molar-refractivity contribution in [3.05, 3.63) is 16.1 Å². The van der Waals surface area contributed by atoms with Crippen LogP contribution in [-0.4, -0.2) is 36.1 Å². The molecule has 2 heterocycles. The van der Waals surface area contributed by atoms with Gasteiger partial charge in [0, 0.05) is 23.5 Å². The molecule has 2 rings (SSSR count). The van der Waals surface area contributed by atoms with E-state index in [0.29, 0.717) is 6.04 Å². The van der Waals surface area contributed by atoms with Crippen LogP contribution in [0.4, 0.5) is 0 Å². The highest BCUT2D eigenvalue weighted by Crippen LogP contribution is 2.21. The maximum Gasteiger partial charge on any atom is 0.0943 e.